The number of aromatic amines is 1. The molecule has 1 saturated carbocycles. The van der Waals surface area contributed by atoms with E-state index in [4.69, 9.17) is 5.73 Å². The van der Waals surface area contributed by atoms with E-state index in [9.17, 15) is 0 Å². The monoisotopic (exact) mass is 202 g/mol. The van der Waals surface area contributed by atoms with Crippen LogP contribution in [0, 0.1) is 0 Å². The molecular formula is C11H14N4. The van der Waals surface area contributed by atoms with E-state index >= 15 is 0 Å². The molecule has 0 radical (unpaired) electrons. The molecule has 3 rings (SSSR count). The Morgan fingerprint density at radius 1 is 1.47 bits per heavy atom. The molecule has 15 heavy (non-hydrogen) atoms. The summed E-state index contributed by atoms with van der Waals surface area (Å²) in [6.45, 7) is 0. The highest BCUT2D eigenvalue weighted by molar-refractivity contribution is 5.76. The zero-order chi connectivity index (χ0) is 10.3. The minimum absolute atomic E-state index is 0.103. The average Bonchev–Trinajstić information content (AvgIpc) is 2.86. The lowest BCUT2D eigenvalue weighted by Crippen LogP contribution is -2.22. The molecule has 0 bridgehead atoms. The predicted molar refractivity (Wildman–Crippen MR) is 58.4 cm³/mol. The Morgan fingerprint density at radius 3 is 3.13 bits per heavy atom. The van der Waals surface area contributed by atoms with Gasteiger partial charge in [0.05, 0.1) is 5.69 Å². The number of pyridine rings is 1. The summed E-state index contributed by atoms with van der Waals surface area (Å²) >= 11 is 0. The van der Waals surface area contributed by atoms with Crippen LogP contribution in [0.1, 0.15) is 25.0 Å². The molecular weight excluding hydrogens is 188 g/mol. The second-order valence-electron chi connectivity index (χ2n) is 4.44. The molecule has 1 fully saturated rings. The highest BCUT2D eigenvalue weighted by Gasteiger charge is 2.37. The lowest BCUT2D eigenvalue weighted by Gasteiger charge is -2.05. The van der Waals surface area contributed by atoms with Crippen LogP contribution in [0.2, 0.25) is 0 Å². The van der Waals surface area contributed by atoms with Crippen molar-refractivity contribution in [3.8, 4) is 0 Å². The highest BCUT2D eigenvalue weighted by atomic mass is 15.1. The normalized spacial score (nSPS) is 18.2. The van der Waals surface area contributed by atoms with Crippen LogP contribution in [-0.2, 0) is 6.42 Å². The van der Waals surface area contributed by atoms with Crippen molar-refractivity contribution in [3.63, 3.8) is 0 Å². The minimum Gasteiger partial charge on any atom is -0.325 e. The van der Waals surface area contributed by atoms with E-state index in [1.807, 2.05) is 12.1 Å². The van der Waals surface area contributed by atoms with Gasteiger partial charge in [0.2, 0.25) is 0 Å². The highest BCUT2D eigenvalue weighted by Crippen LogP contribution is 2.36. The summed E-state index contributed by atoms with van der Waals surface area (Å²) < 4.78 is 0. The lowest BCUT2D eigenvalue weighted by molar-refractivity contribution is 0.603. The van der Waals surface area contributed by atoms with Gasteiger partial charge in [0.25, 0.3) is 0 Å². The smallest absolute Gasteiger partial charge is 0.111 e. The van der Waals surface area contributed by atoms with Gasteiger partial charge in [-0.3, -0.25) is 10.1 Å². The van der Waals surface area contributed by atoms with Crippen molar-refractivity contribution in [1.29, 1.82) is 0 Å². The van der Waals surface area contributed by atoms with E-state index in [2.05, 4.69) is 15.2 Å². The minimum atomic E-state index is 0.103. The van der Waals surface area contributed by atoms with Crippen LogP contribution < -0.4 is 5.73 Å². The Hall–Kier alpha value is -1.42. The van der Waals surface area contributed by atoms with Gasteiger partial charge < -0.3 is 5.73 Å². The zero-order valence-electron chi connectivity index (χ0n) is 8.53. The van der Waals surface area contributed by atoms with Crippen LogP contribution in [0.3, 0.4) is 0 Å². The van der Waals surface area contributed by atoms with Crippen LogP contribution in [-0.4, -0.2) is 20.7 Å². The second-order valence-corrected chi connectivity index (χ2v) is 4.44. The van der Waals surface area contributed by atoms with Crippen LogP contribution in [0.25, 0.3) is 11.0 Å². The van der Waals surface area contributed by atoms with Gasteiger partial charge in [-0.05, 0) is 37.8 Å². The quantitative estimate of drug-likeness (QED) is 0.790. The standard InChI is InChI=1S/C11H14N4/c12-11(5-6-11)4-3-9-10-8(14-15-9)2-1-7-13-10/h1-2,7H,3-6,12H2,(H,14,15). The summed E-state index contributed by atoms with van der Waals surface area (Å²) in [5, 5.41) is 7.26. The van der Waals surface area contributed by atoms with Gasteiger partial charge >= 0.3 is 0 Å². The maximum atomic E-state index is 6.05. The predicted octanol–water partition coefficient (Wildman–Crippen LogP) is 1.38. The van der Waals surface area contributed by atoms with Crippen molar-refractivity contribution in [2.24, 2.45) is 5.73 Å². The number of fused-ring (bicyclic) bond motifs is 1. The molecule has 2 aromatic heterocycles. The largest absolute Gasteiger partial charge is 0.325 e. The molecule has 0 aromatic carbocycles. The average molecular weight is 202 g/mol. The van der Waals surface area contributed by atoms with Crippen LogP contribution in [0.15, 0.2) is 18.3 Å². The third-order valence-electron chi connectivity index (χ3n) is 3.15. The Balaban J connectivity index is 1.84. The number of nitrogens with zero attached hydrogens (tertiary/aromatic N) is 2. The molecule has 4 nitrogen and oxygen atoms in total. The SMILES string of the molecule is NC1(CCc2[nH]nc3cccnc23)CC1. The van der Waals surface area contributed by atoms with Gasteiger partial charge in [0.1, 0.15) is 11.0 Å². The topological polar surface area (TPSA) is 67.6 Å². The molecule has 0 amide bonds. The van der Waals surface area contributed by atoms with Crippen LogP contribution in [0.5, 0.6) is 0 Å². The second kappa shape index (κ2) is 3.03. The summed E-state index contributed by atoms with van der Waals surface area (Å²) in [7, 11) is 0. The van der Waals surface area contributed by atoms with Gasteiger partial charge in [-0.1, -0.05) is 0 Å². The van der Waals surface area contributed by atoms with Gasteiger partial charge in [0, 0.05) is 11.7 Å². The summed E-state index contributed by atoms with van der Waals surface area (Å²) in [6, 6.07) is 3.87. The fraction of sp³-hybridized carbons (Fsp3) is 0.455. The molecule has 0 aliphatic heterocycles. The van der Waals surface area contributed by atoms with E-state index in [0.29, 0.717) is 0 Å². The Bertz CT molecular complexity index is 484. The van der Waals surface area contributed by atoms with E-state index < -0.39 is 0 Å². The Labute approximate surface area is 87.9 Å². The number of nitrogens with one attached hydrogen (secondary N) is 1. The van der Waals surface area contributed by atoms with E-state index in [1.165, 1.54) is 0 Å². The molecule has 78 valence electrons. The summed E-state index contributed by atoms with van der Waals surface area (Å²) in [4.78, 5) is 4.33. The zero-order valence-corrected chi connectivity index (χ0v) is 8.53. The first-order valence-electron chi connectivity index (χ1n) is 5.34. The number of hydrogen-bond acceptors (Lipinski definition) is 3. The third kappa shape index (κ3) is 1.61. The fourth-order valence-electron chi connectivity index (χ4n) is 1.86. The molecule has 2 aromatic rings. The van der Waals surface area contributed by atoms with Crippen molar-refractivity contribution in [2.75, 3.05) is 0 Å². The molecule has 0 unspecified atom stereocenters. The molecule has 0 atom stereocenters. The molecule has 0 saturated heterocycles. The summed E-state index contributed by atoms with van der Waals surface area (Å²) in [5.74, 6) is 0. The molecule has 3 N–H and O–H groups in total. The molecule has 2 heterocycles. The van der Waals surface area contributed by atoms with Crippen molar-refractivity contribution >= 4 is 11.0 Å². The van der Waals surface area contributed by atoms with Crippen molar-refractivity contribution in [3.05, 3.63) is 24.0 Å². The number of nitrogens with two attached hydrogens (primary N) is 1. The maximum absolute atomic E-state index is 6.05. The van der Waals surface area contributed by atoms with E-state index in [-0.39, 0.29) is 5.54 Å². The van der Waals surface area contributed by atoms with Crippen LogP contribution in [0.4, 0.5) is 0 Å². The first kappa shape index (κ1) is 8.85. The van der Waals surface area contributed by atoms with E-state index in [1.54, 1.807) is 6.20 Å². The number of aromatic nitrogens is 3. The number of rotatable bonds is 3. The van der Waals surface area contributed by atoms with Crippen LogP contribution >= 0.6 is 0 Å². The Kier molecular flexibility index (Phi) is 1.79. The summed E-state index contributed by atoms with van der Waals surface area (Å²) in [5.41, 5.74) is 9.20. The molecule has 0 spiro atoms. The van der Waals surface area contributed by atoms with Crippen molar-refractivity contribution in [2.45, 2.75) is 31.2 Å². The Morgan fingerprint density at radius 2 is 2.33 bits per heavy atom. The van der Waals surface area contributed by atoms with Gasteiger partial charge in [-0.25, -0.2) is 0 Å². The van der Waals surface area contributed by atoms with Gasteiger partial charge in [0.15, 0.2) is 0 Å². The third-order valence-corrected chi connectivity index (χ3v) is 3.15. The lowest BCUT2D eigenvalue weighted by atomic mass is 10.1. The number of hydrogen-bond donors (Lipinski definition) is 2. The van der Waals surface area contributed by atoms with Crippen molar-refractivity contribution in [1.82, 2.24) is 15.2 Å². The number of aryl methyl sites for hydroxylation is 1. The first-order valence-corrected chi connectivity index (χ1v) is 5.34. The maximum Gasteiger partial charge on any atom is 0.111 e. The molecule has 1 aliphatic carbocycles. The van der Waals surface area contributed by atoms with Gasteiger partial charge in [-0.15, -0.1) is 0 Å². The molecule has 1 aliphatic rings. The molecule has 4 heteroatoms. The van der Waals surface area contributed by atoms with Crippen molar-refractivity contribution < 1.29 is 0 Å². The van der Waals surface area contributed by atoms with E-state index in [0.717, 1.165) is 42.4 Å². The fourth-order valence-corrected chi connectivity index (χ4v) is 1.86. The summed E-state index contributed by atoms with van der Waals surface area (Å²) in [6.07, 6.45) is 6.10. The van der Waals surface area contributed by atoms with Gasteiger partial charge in [-0.2, -0.15) is 5.10 Å². The first-order chi connectivity index (χ1) is 7.27. The number of H-pyrrole nitrogens is 1.